The van der Waals surface area contributed by atoms with Gasteiger partial charge in [0, 0.05) is 0 Å². The lowest BCUT2D eigenvalue weighted by Crippen LogP contribution is -2.33. The molecule has 0 aromatic heterocycles. The van der Waals surface area contributed by atoms with Gasteiger partial charge in [-0.25, -0.2) is 8.78 Å². The van der Waals surface area contributed by atoms with Crippen LogP contribution in [-0.2, 0) is 9.53 Å². The maximum Gasteiger partial charge on any atom is 0.322 e. The minimum atomic E-state index is -1.40. The summed E-state index contributed by atoms with van der Waals surface area (Å²) in [6.45, 7) is 0. The second kappa shape index (κ2) is 4.68. The summed E-state index contributed by atoms with van der Waals surface area (Å²) in [5.74, 6) is -0.670. The summed E-state index contributed by atoms with van der Waals surface area (Å²) < 4.78 is 30.0. The Bertz CT molecular complexity index is 203. The lowest BCUT2D eigenvalue weighted by Gasteiger charge is -2.13. The molecule has 0 radical (unpaired) electrons. The van der Waals surface area contributed by atoms with Gasteiger partial charge in [0.2, 0.25) is 0 Å². The van der Waals surface area contributed by atoms with Gasteiger partial charge < -0.3 is 10.5 Å². The molecule has 0 aromatic rings. The quantitative estimate of drug-likeness (QED) is 0.701. The van der Waals surface area contributed by atoms with Gasteiger partial charge in [0.25, 0.3) is 0 Å². The van der Waals surface area contributed by atoms with Crippen molar-refractivity contribution in [1.82, 2.24) is 0 Å². The summed E-state index contributed by atoms with van der Waals surface area (Å²) in [7, 11) is 1.24. The first-order chi connectivity index (χ1) is 6.54. The van der Waals surface area contributed by atoms with Crippen LogP contribution in [0.15, 0.2) is 0 Å². The predicted octanol–water partition coefficient (Wildman–Crippen LogP) is 0.963. The van der Waals surface area contributed by atoms with Crippen molar-refractivity contribution < 1.29 is 18.3 Å². The smallest absolute Gasteiger partial charge is 0.322 e. The third-order valence-electron chi connectivity index (χ3n) is 2.60. The highest BCUT2D eigenvalue weighted by Crippen LogP contribution is 2.33. The zero-order valence-corrected chi connectivity index (χ0v) is 8.08. The number of hydrogen-bond donors (Lipinski definition) is 1. The summed E-state index contributed by atoms with van der Waals surface area (Å²) in [5.41, 5.74) is 5.48. The first-order valence-electron chi connectivity index (χ1n) is 4.66. The fourth-order valence-electron chi connectivity index (χ4n) is 1.83. The average Bonchev–Trinajstić information content (AvgIpc) is 2.44. The van der Waals surface area contributed by atoms with Gasteiger partial charge in [-0.15, -0.1) is 0 Å². The Morgan fingerprint density at radius 3 is 2.43 bits per heavy atom. The molecule has 0 heterocycles. The molecule has 3 nitrogen and oxygen atoms in total. The van der Waals surface area contributed by atoms with E-state index in [0.29, 0.717) is 6.42 Å². The van der Waals surface area contributed by atoms with Crippen LogP contribution in [0.3, 0.4) is 0 Å². The molecule has 0 aliphatic heterocycles. The van der Waals surface area contributed by atoms with E-state index in [2.05, 4.69) is 4.74 Å². The lowest BCUT2D eigenvalue weighted by molar-refractivity contribution is -0.142. The summed E-state index contributed by atoms with van der Waals surface area (Å²) in [6.07, 6.45) is -2.18. The van der Waals surface area contributed by atoms with Crippen molar-refractivity contribution in [1.29, 1.82) is 0 Å². The molecule has 1 aliphatic carbocycles. The van der Waals surface area contributed by atoms with Crippen LogP contribution in [0.4, 0.5) is 8.78 Å². The minimum absolute atomic E-state index is 0.144. The number of methoxy groups -OCH3 is 1. The SMILES string of the molecule is COC(=O)C(N)CC1CC(F)C(F)C1. The van der Waals surface area contributed by atoms with Crippen molar-refractivity contribution in [2.24, 2.45) is 11.7 Å². The maximum atomic E-state index is 12.8. The van der Waals surface area contributed by atoms with Crippen LogP contribution in [-0.4, -0.2) is 31.5 Å². The Morgan fingerprint density at radius 1 is 1.50 bits per heavy atom. The number of ether oxygens (including phenoxy) is 1. The molecular formula is C9H15F2NO2. The van der Waals surface area contributed by atoms with Crippen LogP contribution in [0, 0.1) is 5.92 Å². The van der Waals surface area contributed by atoms with Crippen LogP contribution in [0.1, 0.15) is 19.3 Å². The van der Waals surface area contributed by atoms with Gasteiger partial charge in [-0.1, -0.05) is 0 Å². The molecule has 3 unspecified atom stereocenters. The highest BCUT2D eigenvalue weighted by atomic mass is 19.2. The van der Waals surface area contributed by atoms with E-state index >= 15 is 0 Å². The number of esters is 1. The molecule has 1 fully saturated rings. The first kappa shape index (κ1) is 11.4. The number of alkyl halides is 2. The fourth-order valence-corrected chi connectivity index (χ4v) is 1.83. The van der Waals surface area contributed by atoms with Crippen molar-refractivity contribution in [2.75, 3.05) is 7.11 Å². The first-order valence-corrected chi connectivity index (χ1v) is 4.66. The Hall–Kier alpha value is -0.710. The summed E-state index contributed by atoms with van der Waals surface area (Å²) in [5, 5.41) is 0. The van der Waals surface area contributed by atoms with Gasteiger partial charge in [-0.3, -0.25) is 4.79 Å². The molecule has 5 heteroatoms. The molecule has 1 aliphatic rings. The van der Waals surface area contributed by atoms with Crippen molar-refractivity contribution in [2.45, 2.75) is 37.6 Å². The minimum Gasteiger partial charge on any atom is -0.468 e. The van der Waals surface area contributed by atoms with Crippen molar-refractivity contribution >= 4 is 5.97 Å². The summed E-state index contributed by atoms with van der Waals surface area (Å²) in [6, 6.07) is -0.762. The third kappa shape index (κ3) is 2.64. The topological polar surface area (TPSA) is 52.3 Å². The second-order valence-electron chi connectivity index (χ2n) is 3.73. The molecule has 2 N–H and O–H groups in total. The Kier molecular flexibility index (Phi) is 3.80. The van der Waals surface area contributed by atoms with Gasteiger partial charge in [-0.05, 0) is 25.2 Å². The number of rotatable bonds is 3. The molecule has 1 saturated carbocycles. The molecule has 0 spiro atoms. The largest absolute Gasteiger partial charge is 0.468 e. The highest BCUT2D eigenvalue weighted by Gasteiger charge is 2.36. The molecule has 82 valence electrons. The predicted molar refractivity (Wildman–Crippen MR) is 47.1 cm³/mol. The zero-order chi connectivity index (χ0) is 10.7. The molecule has 0 amide bonds. The summed E-state index contributed by atoms with van der Waals surface area (Å²) in [4.78, 5) is 10.9. The van der Waals surface area contributed by atoms with Crippen molar-refractivity contribution in [3.8, 4) is 0 Å². The van der Waals surface area contributed by atoms with Crippen LogP contribution < -0.4 is 5.73 Å². The molecule has 14 heavy (non-hydrogen) atoms. The number of carbonyl (C=O) groups excluding carboxylic acids is 1. The van der Waals surface area contributed by atoms with Gasteiger partial charge in [0.05, 0.1) is 7.11 Å². The van der Waals surface area contributed by atoms with E-state index in [9.17, 15) is 13.6 Å². The monoisotopic (exact) mass is 207 g/mol. The van der Waals surface area contributed by atoms with E-state index in [0.717, 1.165) is 0 Å². The third-order valence-corrected chi connectivity index (χ3v) is 2.60. The molecule has 0 bridgehead atoms. The standard InChI is InChI=1S/C9H15F2NO2/c1-14-9(13)8(12)4-5-2-6(10)7(11)3-5/h5-8H,2-4,12H2,1H3. The van der Waals surface area contributed by atoms with Crippen molar-refractivity contribution in [3.63, 3.8) is 0 Å². The summed E-state index contributed by atoms with van der Waals surface area (Å²) >= 11 is 0. The van der Waals surface area contributed by atoms with Crippen molar-refractivity contribution in [3.05, 3.63) is 0 Å². The van der Waals surface area contributed by atoms with E-state index in [4.69, 9.17) is 5.73 Å². The Balaban J connectivity index is 2.35. The fraction of sp³-hybridized carbons (Fsp3) is 0.889. The van der Waals surface area contributed by atoms with Crippen LogP contribution >= 0.6 is 0 Å². The Labute approximate surface area is 81.6 Å². The van der Waals surface area contributed by atoms with Crippen LogP contribution in [0.25, 0.3) is 0 Å². The number of nitrogens with two attached hydrogens (primary N) is 1. The van der Waals surface area contributed by atoms with Gasteiger partial charge in [0.1, 0.15) is 18.4 Å². The molecule has 0 aromatic carbocycles. The molecule has 0 saturated heterocycles. The average molecular weight is 207 g/mol. The van der Waals surface area contributed by atoms with E-state index in [-0.39, 0.29) is 18.8 Å². The van der Waals surface area contributed by atoms with Gasteiger partial charge in [0.15, 0.2) is 0 Å². The second-order valence-corrected chi connectivity index (χ2v) is 3.73. The van der Waals surface area contributed by atoms with E-state index in [1.54, 1.807) is 0 Å². The number of halogens is 2. The van der Waals surface area contributed by atoms with E-state index in [1.165, 1.54) is 7.11 Å². The van der Waals surface area contributed by atoms with Gasteiger partial charge in [-0.2, -0.15) is 0 Å². The van der Waals surface area contributed by atoms with E-state index in [1.807, 2.05) is 0 Å². The van der Waals surface area contributed by atoms with Crippen LogP contribution in [0.5, 0.6) is 0 Å². The van der Waals surface area contributed by atoms with E-state index < -0.39 is 24.4 Å². The zero-order valence-electron chi connectivity index (χ0n) is 8.08. The highest BCUT2D eigenvalue weighted by molar-refractivity contribution is 5.75. The molecular weight excluding hydrogens is 192 g/mol. The molecule has 3 atom stereocenters. The number of carbonyl (C=O) groups is 1. The normalized spacial score (nSPS) is 34.1. The number of hydrogen-bond acceptors (Lipinski definition) is 3. The van der Waals surface area contributed by atoms with Crippen LogP contribution in [0.2, 0.25) is 0 Å². The Morgan fingerprint density at radius 2 is 2.00 bits per heavy atom. The maximum absolute atomic E-state index is 12.8. The molecule has 1 rings (SSSR count). The lowest BCUT2D eigenvalue weighted by atomic mass is 9.99. The van der Waals surface area contributed by atoms with Gasteiger partial charge >= 0.3 is 5.97 Å².